The van der Waals surface area contributed by atoms with Gasteiger partial charge < -0.3 is 25.4 Å². The van der Waals surface area contributed by atoms with Crippen molar-refractivity contribution < 1.29 is 24.2 Å². The first-order valence-electron chi connectivity index (χ1n) is 11.9. The standard InChI is InChI=1S/C23H39N3O5/c1-5-10-15(2)25-20(29)18-23-12-11-22(3,31-23)16(19(28)24-4)17(23)21(30)26(18)13-8-6-7-9-14-27/h15-18,27H,5-14H2,1-4H3,(H,24,28)(H,25,29)/t15?,16-,17+,18?,22+,23?/m1/s1. The van der Waals surface area contributed by atoms with Crippen LogP contribution in [0.5, 0.6) is 0 Å². The second-order valence-corrected chi connectivity index (χ2v) is 9.71. The first-order chi connectivity index (χ1) is 14.8. The molecule has 176 valence electrons. The van der Waals surface area contributed by atoms with Gasteiger partial charge in [-0.25, -0.2) is 0 Å². The Bertz CT molecular complexity index is 701. The van der Waals surface area contributed by atoms with Crippen molar-refractivity contribution >= 4 is 17.7 Å². The van der Waals surface area contributed by atoms with E-state index in [-0.39, 0.29) is 30.4 Å². The van der Waals surface area contributed by atoms with Crippen molar-refractivity contribution in [1.82, 2.24) is 15.5 Å². The minimum absolute atomic E-state index is 0.0124. The summed E-state index contributed by atoms with van der Waals surface area (Å²) in [6.07, 6.45) is 6.34. The Morgan fingerprint density at radius 3 is 2.58 bits per heavy atom. The number of ether oxygens (including phenoxy) is 1. The van der Waals surface area contributed by atoms with Crippen LogP contribution in [0.1, 0.15) is 72.1 Å². The number of nitrogens with zero attached hydrogens (tertiary/aromatic N) is 1. The number of hydrogen-bond donors (Lipinski definition) is 3. The zero-order valence-corrected chi connectivity index (χ0v) is 19.4. The number of hydrogen-bond acceptors (Lipinski definition) is 5. The van der Waals surface area contributed by atoms with Gasteiger partial charge in [0.15, 0.2) is 0 Å². The molecule has 3 N–H and O–H groups in total. The molecule has 3 unspecified atom stereocenters. The summed E-state index contributed by atoms with van der Waals surface area (Å²) >= 11 is 0. The van der Waals surface area contributed by atoms with E-state index in [1.54, 1.807) is 11.9 Å². The molecule has 0 aromatic carbocycles. The van der Waals surface area contributed by atoms with Gasteiger partial charge in [-0.05, 0) is 46.0 Å². The van der Waals surface area contributed by atoms with Gasteiger partial charge in [0, 0.05) is 26.2 Å². The van der Waals surface area contributed by atoms with Crippen LogP contribution in [0.25, 0.3) is 0 Å². The number of aliphatic hydroxyl groups excluding tert-OH is 1. The summed E-state index contributed by atoms with van der Waals surface area (Å²) in [6.45, 7) is 6.58. The van der Waals surface area contributed by atoms with E-state index >= 15 is 0 Å². The highest BCUT2D eigenvalue weighted by molar-refractivity contribution is 5.99. The van der Waals surface area contributed by atoms with E-state index in [4.69, 9.17) is 9.84 Å². The monoisotopic (exact) mass is 437 g/mol. The Morgan fingerprint density at radius 1 is 1.23 bits per heavy atom. The lowest BCUT2D eigenvalue weighted by molar-refractivity contribution is -0.146. The first-order valence-corrected chi connectivity index (χ1v) is 11.9. The highest BCUT2D eigenvalue weighted by Gasteiger charge is 2.77. The van der Waals surface area contributed by atoms with E-state index in [9.17, 15) is 14.4 Å². The number of rotatable bonds is 11. The predicted octanol–water partition coefficient (Wildman–Crippen LogP) is 1.35. The Morgan fingerprint density at radius 2 is 1.94 bits per heavy atom. The van der Waals surface area contributed by atoms with Gasteiger partial charge in [0.1, 0.15) is 11.6 Å². The van der Waals surface area contributed by atoms with E-state index in [2.05, 4.69) is 17.6 Å². The fraction of sp³-hybridized carbons (Fsp3) is 0.870. The molecule has 6 atom stereocenters. The van der Waals surface area contributed by atoms with Crippen molar-refractivity contribution in [2.24, 2.45) is 11.8 Å². The zero-order chi connectivity index (χ0) is 22.8. The van der Waals surface area contributed by atoms with E-state index in [0.717, 1.165) is 38.5 Å². The average Bonchev–Trinajstić information content (AvgIpc) is 3.28. The molecule has 0 aromatic heterocycles. The molecule has 3 aliphatic rings. The van der Waals surface area contributed by atoms with Crippen LogP contribution in [-0.2, 0) is 19.1 Å². The highest BCUT2D eigenvalue weighted by atomic mass is 16.5. The summed E-state index contributed by atoms with van der Waals surface area (Å²) in [7, 11) is 1.58. The normalized spacial score (nSPS) is 34.7. The molecule has 0 radical (unpaired) electrons. The van der Waals surface area contributed by atoms with Gasteiger partial charge in [0.25, 0.3) is 0 Å². The second-order valence-electron chi connectivity index (χ2n) is 9.71. The van der Waals surface area contributed by atoms with Gasteiger partial charge in [-0.15, -0.1) is 0 Å². The molecule has 8 heteroatoms. The van der Waals surface area contributed by atoms with Crippen LogP contribution in [0.2, 0.25) is 0 Å². The molecule has 2 bridgehead atoms. The average molecular weight is 438 g/mol. The van der Waals surface area contributed by atoms with Crippen LogP contribution in [0.15, 0.2) is 0 Å². The third-order valence-corrected chi connectivity index (χ3v) is 7.47. The van der Waals surface area contributed by atoms with Crippen molar-refractivity contribution in [3.63, 3.8) is 0 Å². The van der Waals surface area contributed by atoms with Crippen LogP contribution in [0.4, 0.5) is 0 Å². The molecule has 3 aliphatic heterocycles. The van der Waals surface area contributed by atoms with Gasteiger partial charge in [-0.2, -0.15) is 0 Å². The summed E-state index contributed by atoms with van der Waals surface area (Å²) in [4.78, 5) is 41.6. The van der Waals surface area contributed by atoms with Crippen LogP contribution in [0.3, 0.4) is 0 Å². The van der Waals surface area contributed by atoms with Crippen molar-refractivity contribution in [3.8, 4) is 0 Å². The summed E-state index contributed by atoms with van der Waals surface area (Å²) in [5.74, 6) is -1.70. The van der Waals surface area contributed by atoms with Crippen LogP contribution in [-0.4, -0.2) is 71.2 Å². The number of amides is 3. The van der Waals surface area contributed by atoms with Crippen molar-refractivity contribution in [1.29, 1.82) is 0 Å². The largest absolute Gasteiger partial charge is 0.396 e. The van der Waals surface area contributed by atoms with Gasteiger partial charge in [0.05, 0.1) is 17.4 Å². The Kier molecular flexibility index (Phi) is 7.31. The smallest absolute Gasteiger partial charge is 0.246 e. The molecule has 8 nitrogen and oxygen atoms in total. The van der Waals surface area contributed by atoms with Crippen LogP contribution < -0.4 is 10.6 Å². The lowest BCUT2D eigenvalue weighted by atomic mass is 9.66. The number of carbonyl (C=O) groups excluding carboxylic acids is 3. The van der Waals surface area contributed by atoms with E-state index in [1.807, 2.05) is 13.8 Å². The Labute approximate surface area is 185 Å². The van der Waals surface area contributed by atoms with Crippen LogP contribution >= 0.6 is 0 Å². The van der Waals surface area contributed by atoms with E-state index < -0.39 is 29.1 Å². The predicted molar refractivity (Wildman–Crippen MR) is 116 cm³/mol. The second kappa shape index (κ2) is 9.45. The number of nitrogens with one attached hydrogen (secondary N) is 2. The molecular weight excluding hydrogens is 398 g/mol. The molecule has 3 saturated heterocycles. The van der Waals surface area contributed by atoms with Gasteiger partial charge in [-0.1, -0.05) is 26.2 Å². The molecule has 3 rings (SSSR count). The maximum atomic E-state index is 13.6. The number of likely N-dealkylation sites (tertiary alicyclic amines) is 1. The molecule has 31 heavy (non-hydrogen) atoms. The summed E-state index contributed by atoms with van der Waals surface area (Å²) in [6, 6.07) is -0.697. The van der Waals surface area contributed by atoms with Crippen molar-refractivity contribution in [2.75, 3.05) is 20.2 Å². The SMILES string of the molecule is CCCC(C)NC(=O)C1N(CCCCCCO)C(=O)[C@@H]2[C@H](C(=O)NC)[C@]3(C)CCC12O3. The zero-order valence-electron chi connectivity index (χ0n) is 19.4. The lowest BCUT2D eigenvalue weighted by Gasteiger charge is -2.34. The quantitative estimate of drug-likeness (QED) is 0.423. The van der Waals surface area contributed by atoms with Crippen molar-refractivity contribution in [2.45, 2.75) is 95.4 Å². The number of aliphatic hydroxyl groups is 1. The van der Waals surface area contributed by atoms with Gasteiger partial charge >= 0.3 is 0 Å². The fourth-order valence-electron chi connectivity index (χ4n) is 6.10. The molecule has 3 amide bonds. The van der Waals surface area contributed by atoms with Crippen LogP contribution in [0, 0.1) is 11.8 Å². The summed E-state index contributed by atoms with van der Waals surface area (Å²) < 4.78 is 6.51. The molecule has 3 heterocycles. The molecule has 0 aromatic rings. The maximum absolute atomic E-state index is 13.6. The summed E-state index contributed by atoms with van der Waals surface area (Å²) in [5.41, 5.74) is -1.66. The molecule has 1 spiro atoms. The number of fused-ring (bicyclic) bond motifs is 1. The third kappa shape index (κ3) is 4.09. The van der Waals surface area contributed by atoms with Crippen molar-refractivity contribution in [3.05, 3.63) is 0 Å². The van der Waals surface area contributed by atoms with Gasteiger partial charge in [-0.3, -0.25) is 14.4 Å². The lowest BCUT2D eigenvalue weighted by Crippen LogP contribution is -2.56. The van der Waals surface area contributed by atoms with E-state index in [1.165, 1.54) is 0 Å². The minimum Gasteiger partial charge on any atom is -0.396 e. The van der Waals surface area contributed by atoms with Gasteiger partial charge in [0.2, 0.25) is 17.7 Å². The molecule has 0 aliphatic carbocycles. The Balaban J connectivity index is 1.89. The molecular formula is C23H39N3O5. The molecule has 0 saturated carbocycles. The third-order valence-electron chi connectivity index (χ3n) is 7.47. The number of carbonyl (C=O) groups is 3. The highest BCUT2D eigenvalue weighted by Crippen LogP contribution is 2.63. The Hall–Kier alpha value is -1.67. The summed E-state index contributed by atoms with van der Waals surface area (Å²) in [5, 5.41) is 14.8. The molecule has 3 fully saturated rings. The topological polar surface area (TPSA) is 108 Å². The minimum atomic E-state index is -0.940. The first kappa shape index (κ1) is 24.0. The maximum Gasteiger partial charge on any atom is 0.246 e. The fourth-order valence-corrected chi connectivity index (χ4v) is 6.10. The number of unbranched alkanes of at least 4 members (excludes halogenated alkanes) is 3. The van der Waals surface area contributed by atoms with E-state index in [0.29, 0.717) is 19.4 Å².